The van der Waals surface area contributed by atoms with Gasteiger partial charge in [0.15, 0.2) is 11.3 Å². The van der Waals surface area contributed by atoms with Gasteiger partial charge in [0.25, 0.3) is 17.4 Å². The van der Waals surface area contributed by atoms with Crippen LogP contribution in [-0.4, -0.2) is 36.2 Å². The van der Waals surface area contributed by atoms with Gasteiger partial charge < -0.3 is 0 Å². The number of rotatable bonds is 6. The molecule has 0 radical (unpaired) electrons. The van der Waals surface area contributed by atoms with Crippen molar-refractivity contribution in [3.05, 3.63) is 69.5 Å². The second-order valence-corrected chi connectivity index (χ2v) is 7.87. The van der Waals surface area contributed by atoms with Crippen molar-refractivity contribution >= 4 is 28.2 Å². The third-order valence-electron chi connectivity index (χ3n) is 5.37. The van der Waals surface area contributed by atoms with Crippen LogP contribution < -0.4 is 16.4 Å². The normalized spacial score (nSPS) is 11.1. The van der Waals surface area contributed by atoms with Crippen LogP contribution in [0.15, 0.2) is 41.3 Å². The fraction of sp³-hybridized carbons (Fsp3) is 0.304. The molecule has 0 aliphatic rings. The lowest BCUT2D eigenvalue weighted by atomic mass is 10.1. The van der Waals surface area contributed by atoms with Gasteiger partial charge in [0, 0.05) is 23.3 Å². The Bertz CT molecular complexity index is 1420. The Morgan fingerprint density at radius 1 is 1.03 bits per heavy atom. The maximum absolute atomic E-state index is 13.0. The third kappa shape index (κ3) is 4.32. The van der Waals surface area contributed by atoms with Crippen molar-refractivity contribution in [1.29, 1.82) is 0 Å². The third-order valence-corrected chi connectivity index (χ3v) is 5.37. The van der Waals surface area contributed by atoms with E-state index in [0.29, 0.717) is 23.0 Å². The molecule has 170 valence electrons. The monoisotopic (exact) mass is 447 g/mol. The molecule has 0 atom stereocenters. The molecule has 2 amide bonds. The smallest absolute Gasteiger partial charge is 0.267 e. The van der Waals surface area contributed by atoms with Crippen LogP contribution in [0.5, 0.6) is 0 Å². The number of aryl methyl sites for hydroxylation is 3. The number of hydrazine groups is 1. The van der Waals surface area contributed by atoms with Gasteiger partial charge in [0.1, 0.15) is 5.56 Å². The molecule has 0 aliphatic heterocycles. The highest BCUT2D eigenvalue weighted by Gasteiger charge is 2.19. The number of hydrogen-bond donors (Lipinski definition) is 2. The van der Waals surface area contributed by atoms with Crippen LogP contribution in [0.25, 0.3) is 16.4 Å². The first kappa shape index (κ1) is 22.1. The highest BCUT2D eigenvalue weighted by atomic mass is 16.2. The quantitative estimate of drug-likeness (QED) is 0.345. The van der Waals surface area contributed by atoms with Gasteiger partial charge in [-0.2, -0.15) is 10.2 Å². The van der Waals surface area contributed by atoms with Crippen LogP contribution in [0.4, 0.5) is 0 Å². The lowest BCUT2D eigenvalue weighted by Gasteiger charge is -2.11. The molecule has 0 saturated heterocycles. The van der Waals surface area contributed by atoms with Gasteiger partial charge in [-0.3, -0.25) is 25.2 Å². The summed E-state index contributed by atoms with van der Waals surface area (Å²) in [6, 6.07) is 8.66. The van der Waals surface area contributed by atoms with Crippen molar-refractivity contribution in [2.24, 2.45) is 0 Å². The van der Waals surface area contributed by atoms with Gasteiger partial charge >= 0.3 is 0 Å². The highest BCUT2D eigenvalue weighted by Crippen LogP contribution is 2.14. The van der Waals surface area contributed by atoms with Gasteiger partial charge in [-0.15, -0.1) is 0 Å². The predicted molar refractivity (Wildman–Crippen MR) is 123 cm³/mol. The molecule has 4 rings (SSSR count). The Balaban J connectivity index is 1.60. The van der Waals surface area contributed by atoms with Crippen LogP contribution in [-0.2, 0) is 6.54 Å². The predicted octanol–water partition coefficient (Wildman–Crippen LogP) is 2.32. The van der Waals surface area contributed by atoms with Crippen molar-refractivity contribution in [3.8, 4) is 0 Å². The molecule has 0 spiro atoms. The molecule has 0 unspecified atom stereocenters. The van der Waals surface area contributed by atoms with E-state index in [1.54, 1.807) is 28.8 Å². The Morgan fingerprint density at radius 2 is 1.76 bits per heavy atom. The molecule has 0 fully saturated rings. The van der Waals surface area contributed by atoms with E-state index in [1.807, 2.05) is 19.9 Å². The van der Waals surface area contributed by atoms with Gasteiger partial charge in [0.2, 0.25) is 0 Å². The minimum Gasteiger partial charge on any atom is -0.267 e. The summed E-state index contributed by atoms with van der Waals surface area (Å²) in [7, 11) is 0. The summed E-state index contributed by atoms with van der Waals surface area (Å²) in [5, 5.41) is 9.31. The van der Waals surface area contributed by atoms with Gasteiger partial charge in [0.05, 0.1) is 11.6 Å². The fourth-order valence-electron chi connectivity index (χ4n) is 3.74. The van der Waals surface area contributed by atoms with Gasteiger partial charge in [-0.1, -0.05) is 38.0 Å². The summed E-state index contributed by atoms with van der Waals surface area (Å²) in [6.45, 7) is 6.18. The molecule has 10 nitrogen and oxygen atoms in total. The van der Waals surface area contributed by atoms with E-state index < -0.39 is 11.8 Å². The molecule has 3 aromatic heterocycles. The largest absolute Gasteiger partial charge is 0.290 e. The van der Waals surface area contributed by atoms with E-state index in [0.717, 1.165) is 30.7 Å². The van der Waals surface area contributed by atoms with Crippen LogP contribution in [0.1, 0.15) is 58.4 Å². The van der Waals surface area contributed by atoms with Crippen molar-refractivity contribution in [2.45, 2.75) is 46.6 Å². The summed E-state index contributed by atoms with van der Waals surface area (Å²) in [5.74, 6) is -1.18. The summed E-state index contributed by atoms with van der Waals surface area (Å²) in [5.41, 5.74) is 6.84. The van der Waals surface area contributed by atoms with E-state index in [2.05, 4.69) is 33.0 Å². The average Bonchev–Trinajstić information content (AvgIpc) is 3.23. The first-order valence-corrected chi connectivity index (χ1v) is 10.8. The van der Waals surface area contributed by atoms with Crippen molar-refractivity contribution in [1.82, 2.24) is 35.2 Å². The summed E-state index contributed by atoms with van der Waals surface area (Å²) in [4.78, 5) is 42.9. The van der Waals surface area contributed by atoms with Crippen LogP contribution in [0.3, 0.4) is 0 Å². The van der Waals surface area contributed by atoms with E-state index in [-0.39, 0.29) is 16.8 Å². The first-order chi connectivity index (χ1) is 15.9. The molecular weight excluding hydrogens is 422 g/mol. The van der Waals surface area contributed by atoms with Crippen molar-refractivity contribution in [3.63, 3.8) is 0 Å². The maximum Gasteiger partial charge on any atom is 0.290 e. The molecule has 33 heavy (non-hydrogen) atoms. The number of fused-ring (bicyclic) bond motifs is 2. The summed E-state index contributed by atoms with van der Waals surface area (Å²) in [6.07, 6.45) is 4.13. The summed E-state index contributed by atoms with van der Waals surface area (Å²) >= 11 is 0. The molecule has 2 N–H and O–H groups in total. The lowest BCUT2D eigenvalue weighted by molar-refractivity contribution is 0.0844. The number of hydrogen-bond acceptors (Lipinski definition) is 6. The van der Waals surface area contributed by atoms with Crippen LogP contribution in [0.2, 0.25) is 0 Å². The fourth-order valence-corrected chi connectivity index (χ4v) is 3.74. The average molecular weight is 447 g/mol. The Kier molecular flexibility index (Phi) is 6.16. The molecule has 0 aliphatic carbocycles. The molecule has 1 aromatic carbocycles. The number of nitrogens with one attached hydrogen (secondary N) is 2. The zero-order valence-corrected chi connectivity index (χ0v) is 18.8. The molecule has 0 bridgehead atoms. The van der Waals surface area contributed by atoms with E-state index >= 15 is 0 Å². The molecule has 10 heteroatoms. The van der Waals surface area contributed by atoms with E-state index in [4.69, 9.17) is 0 Å². The SMILES string of the molecule is CCCCCn1nc(C(=O)NNC(=O)c2cnn3c(C)cc(C)nc23)c2ccccc2c1=O. The van der Waals surface area contributed by atoms with E-state index in [1.165, 1.54) is 10.9 Å². The van der Waals surface area contributed by atoms with Crippen molar-refractivity contribution in [2.75, 3.05) is 0 Å². The van der Waals surface area contributed by atoms with E-state index in [9.17, 15) is 14.4 Å². The minimum atomic E-state index is -0.624. The van der Waals surface area contributed by atoms with Crippen LogP contribution in [0, 0.1) is 13.8 Å². The second-order valence-electron chi connectivity index (χ2n) is 7.87. The molecule has 0 saturated carbocycles. The maximum atomic E-state index is 13.0. The van der Waals surface area contributed by atoms with Crippen molar-refractivity contribution < 1.29 is 9.59 Å². The standard InChI is InChI=1S/C23H25N7O3/c1-4-5-8-11-29-23(33)17-10-7-6-9-16(17)19(28-29)22(32)27-26-21(31)18-13-24-30-15(3)12-14(2)25-20(18)30/h6-7,9-10,12-13H,4-5,8,11H2,1-3H3,(H,26,31)(H,27,32). The Hall–Kier alpha value is -4.08. The number of carbonyl (C=O) groups excluding carboxylic acids is 2. The number of amides is 2. The molecular formula is C23H25N7O3. The number of aromatic nitrogens is 5. The number of nitrogens with zero attached hydrogens (tertiary/aromatic N) is 5. The Labute approximate surface area is 189 Å². The molecule has 4 aromatic rings. The zero-order chi connectivity index (χ0) is 23.5. The van der Waals surface area contributed by atoms with Gasteiger partial charge in [-0.05, 0) is 32.4 Å². The van der Waals surface area contributed by atoms with Crippen LogP contribution >= 0.6 is 0 Å². The zero-order valence-electron chi connectivity index (χ0n) is 18.8. The first-order valence-electron chi connectivity index (χ1n) is 10.8. The molecule has 3 heterocycles. The topological polar surface area (TPSA) is 123 Å². The number of unbranched alkanes of at least 4 members (excludes halogenated alkanes) is 2. The summed E-state index contributed by atoms with van der Waals surface area (Å²) < 4.78 is 2.88. The number of carbonyl (C=O) groups is 2. The highest BCUT2D eigenvalue weighted by molar-refractivity contribution is 6.06. The Morgan fingerprint density at radius 3 is 2.52 bits per heavy atom. The minimum absolute atomic E-state index is 0.0617. The lowest BCUT2D eigenvalue weighted by Crippen LogP contribution is -2.42. The second kappa shape index (κ2) is 9.19. The van der Waals surface area contributed by atoms with Gasteiger partial charge in [-0.25, -0.2) is 14.2 Å². The number of benzene rings is 1.